The summed E-state index contributed by atoms with van der Waals surface area (Å²) in [5.74, 6) is 0.969. The van der Waals surface area contributed by atoms with Gasteiger partial charge in [0.1, 0.15) is 5.75 Å². The van der Waals surface area contributed by atoms with Crippen molar-refractivity contribution in [1.82, 2.24) is 5.01 Å². The van der Waals surface area contributed by atoms with Crippen LogP contribution >= 0.6 is 24.8 Å². The molecular weight excluding hydrogens is 421 g/mol. The molecule has 1 saturated heterocycles. The van der Waals surface area contributed by atoms with Gasteiger partial charge < -0.3 is 14.6 Å². The highest BCUT2D eigenvalue weighted by atomic mass is 35.5. The van der Waals surface area contributed by atoms with Gasteiger partial charge in [0, 0.05) is 33.1 Å². The molecule has 0 N–H and O–H groups in total. The average Bonchev–Trinajstić information content (AvgIpc) is 2.75. The Labute approximate surface area is 191 Å². The maximum atomic E-state index is 12.1. The summed E-state index contributed by atoms with van der Waals surface area (Å²) in [6.07, 6.45) is 4.94. The van der Waals surface area contributed by atoms with Crippen molar-refractivity contribution in [3.8, 4) is 5.75 Å². The lowest BCUT2D eigenvalue weighted by atomic mass is 9.96. The molecule has 4 rings (SSSR count). The normalized spacial score (nSPS) is 18.7. The number of methoxy groups -OCH3 is 1. The number of amides is 1. The number of hydrogen-bond acceptors (Lipinski definition) is 4. The number of hydrogen-bond donors (Lipinski definition) is 0. The zero-order valence-electron chi connectivity index (χ0n) is 17.8. The third-order valence-corrected chi connectivity index (χ3v) is 6.12. The van der Waals surface area contributed by atoms with E-state index in [1.54, 1.807) is 12.0 Å². The Hall–Kier alpha value is -1.95. The largest absolute Gasteiger partial charge is 0.494 e. The molecule has 164 valence electrons. The number of carbonyl (C=O) groups is 1. The van der Waals surface area contributed by atoms with Crippen molar-refractivity contribution in [2.45, 2.75) is 38.1 Å². The molecule has 0 spiro atoms. The van der Waals surface area contributed by atoms with Crippen LogP contribution in [0, 0.1) is 0 Å². The molecule has 0 unspecified atom stereocenters. The molecule has 1 fully saturated rings. The molecule has 2 heterocycles. The zero-order chi connectivity index (χ0) is 19.7. The van der Waals surface area contributed by atoms with Crippen LogP contribution in [-0.2, 0) is 11.2 Å². The second-order valence-electron chi connectivity index (χ2n) is 7.71. The van der Waals surface area contributed by atoms with E-state index in [1.807, 2.05) is 13.1 Å². The van der Waals surface area contributed by atoms with Crippen LogP contribution in [0.4, 0.5) is 11.4 Å². The minimum atomic E-state index is 0. The minimum Gasteiger partial charge on any atom is -0.494 e. The first-order valence-electron chi connectivity index (χ1n) is 10.1. The second-order valence-corrected chi connectivity index (χ2v) is 7.71. The van der Waals surface area contributed by atoms with E-state index in [0.717, 1.165) is 36.5 Å². The summed E-state index contributed by atoms with van der Waals surface area (Å²) in [6, 6.07) is 15.3. The van der Waals surface area contributed by atoms with E-state index in [1.165, 1.54) is 24.0 Å². The van der Waals surface area contributed by atoms with Crippen LogP contribution in [0.2, 0.25) is 0 Å². The first kappa shape index (κ1) is 24.3. The summed E-state index contributed by atoms with van der Waals surface area (Å²) < 4.78 is 5.74. The number of hydrazine groups is 1. The molecule has 0 radical (unpaired) electrons. The van der Waals surface area contributed by atoms with Crippen LogP contribution in [0.3, 0.4) is 0 Å². The summed E-state index contributed by atoms with van der Waals surface area (Å²) >= 11 is 0. The molecule has 5 nitrogen and oxygen atoms in total. The molecule has 2 aromatic rings. The molecule has 1 amide bonds. The fourth-order valence-electron chi connectivity index (χ4n) is 4.50. The number of halogens is 2. The van der Waals surface area contributed by atoms with Crippen molar-refractivity contribution < 1.29 is 9.53 Å². The van der Waals surface area contributed by atoms with E-state index in [0.29, 0.717) is 12.5 Å². The van der Waals surface area contributed by atoms with E-state index in [4.69, 9.17) is 4.74 Å². The van der Waals surface area contributed by atoms with Gasteiger partial charge >= 0.3 is 0 Å². The van der Waals surface area contributed by atoms with Gasteiger partial charge in [0.2, 0.25) is 5.91 Å². The van der Waals surface area contributed by atoms with Crippen molar-refractivity contribution >= 4 is 42.1 Å². The van der Waals surface area contributed by atoms with Crippen LogP contribution in [0.25, 0.3) is 0 Å². The van der Waals surface area contributed by atoms with Gasteiger partial charge in [0.05, 0.1) is 24.5 Å². The molecule has 1 atom stereocenters. The molecule has 0 aromatic heterocycles. The van der Waals surface area contributed by atoms with Crippen LogP contribution in [0.5, 0.6) is 5.75 Å². The molecule has 0 bridgehead atoms. The maximum absolute atomic E-state index is 12.1. The molecule has 2 aliphatic rings. The standard InChI is InChI=1S/C23H29N3O2.2ClH/c1-24-20-16-22(28-3)21(15-18(20)12-13-23(24)27)25(2)26-14-8-7-11-19(26)17-9-5-4-6-10-17;;/h4-6,9-10,15-16,19H,7-8,11-14H2,1-3H3;2*1H/t19-;;/m0../s1. The summed E-state index contributed by atoms with van der Waals surface area (Å²) in [5.41, 5.74) is 4.59. The van der Waals surface area contributed by atoms with E-state index >= 15 is 0 Å². The summed E-state index contributed by atoms with van der Waals surface area (Å²) in [5, 5.41) is 4.72. The maximum Gasteiger partial charge on any atom is 0.227 e. The van der Waals surface area contributed by atoms with E-state index in [2.05, 4.69) is 53.5 Å². The lowest BCUT2D eigenvalue weighted by Gasteiger charge is -2.43. The van der Waals surface area contributed by atoms with Gasteiger partial charge in [-0.2, -0.15) is 0 Å². The van der Waals surface area contributed by atoms with Crippen molar-refractivity contribution in [3.05, 3.63) is 53.6 Å². The number of rotatable bonds is 4. The highest BCUT2D eigenvalue weighted by Gasteiger charge is 2.30. The smallest absolute Gasteiger partial charge is 0.227 e. The SMILES string of the molecule is COc1cc2c(cc1N(C)N1CCCC[C@H]1c1ccccc1)CCC(=O)N2C.Cl.Cl. The number of piperidine rings is 1. The van der Waals surface area contributed by atoms with Crippen LogP contribution < -0.4 is 14.6 Å². The van der Waals surface area contributed by atoms with Gasteiger partial charge in [-0.15, -0.1) is 24.8 Å². The number of fused-ring (bicyclic) bond motifs is 1. The van der Waals surface area contributed by atoms with Crippen LogP contribution in [0.1, 0.15) is 42.9 Å². The Morgan fingerprint density at radius 2 is 1.80 bits per heavy atom. The lowest BCUT2D eigenvalue weighted by molar-refractivity contribution is -0.118. The molecule has 2 aromatic carbocycles. The van der Waals surface area contributed by atoms with Crippen molar-refractivity contribution in [2.24, 2.45) is 0 Å². The van der Waals surface area contributed by atoms with Crippen molar-refractivity contribution in [2.75, 3.05) is 37.7 Å². The highest BCUT2D eigenvalue weighted by Crippen LogP contribution is 2.41. The number of ether oxygens (including phenoxy) is 1. The minimum absolute atomic E-state index is 0. The van der Waals surface area contributed by atoms with Gasteiger partial charge in [0.15, 0.2) is 0 Å². The molecule has 0 saturated carbocycles. The predicted molar refractivity (Wildman–Crippen MR) is 127 cm³/mol. The highest BCUT2D eigenvalue weighted by molar-refractivity contribution is 5.96. The second kappa shape index (κ2) is 10.4. The number of anilines is 2. The fraction of sp³-hybridized carbons (Fsp3) is 0.435. The van der Waals surface area contributed by atoms with E-state index in [-0.39, 0.29) is 30.7 Å². The number of carbonyl (C=O) groups excluding carboxylic acids is 1. The fourth-order valence-corrected chi connectivity index (χ4v) is 4.50. The van der Waals surface area contributed by atoms with E-state index in [9.17, 15) is 4.79 Å². The number of nitrogens with zero attached hydrogens (tertiary/aromatic N) is 3. The molecule has 30 heavy (non-hydrogen) atoms. The summed E-state index contributed by atoms with van der Waals surface area (Å²) in [7, 11) is 5.68. The molecule has 7 heteroatoms. The Kier molecular flexibility index (Phi) is 8.42. The average molecular weight is 452 g/mol. The molecular formula is C23H31Cl2N3O2. The quantitative estimate of drug-likeness (QED) is 0.652. The molecule has 2 aliphatic heterocycles. The van der Waals surface area contributed by atoms with Gasteiger partial charge in [-0.25, -0.2) is 5.01 Å². The van der Waals surface area contributed by atoms with Gasteiger partial charge in [-0.1, -0.05) is 36.8 Å². The van der Waals surface area contributed by atoms with Crippen molar-refractivity contribution in [1.29, 1.82) is 0 Å². The lowest BCUT2D eigenvalue weighted by Crippen LogP contribution is -2.45. The first-order chi connectivity index (χ1) is 13.6. The number of aryl methyl sites for hydroxylation is 1. The molecule has 0 aliphatic carbocycles. The van der Waals surface area contributed by atoms with E-state index < -0.39 is 0 Å². The summed E-state index contributed by atoms with van der Waals surface area (Å²) in [6.45, 7) is 1.02. The van der Waals surface area contributed by atoms with Crippen LogP contribution in [-0.4, -0.2) is 38.7 Å². The Bertz CT molecular complexity index is 863. The first-order valence-corrected chi connectivity index (χ1v) is 10.1. The predicted octanol–water partition coefficient (Wildman–Crippen LogP) is 5.03. The zero-order valence-corrected chi connectivity index (χ0v) is 19.5. The third-order valence-electron chi connectivity index (χ3n) is 6.12. The van der Waals surface area contributed by atoms with Gasteiger partial charge in [-0.05, 0) is 36.5 Å². The Morgan fingerprint density at radius 1 is 1.07 bits per heavy atom. The Morgan fingerprint density at radius 3 is 2.50 bits per heavy atom. The van der Waals surface area contributed by atoms with Crippen LogP contribution in [0.15, 0.2) is 42.5 Å². The Balaban J connectivity index is 0.00000160. The monoisotopic (exact) mass is 451 g/mol. The van der Waals surface area contributed by atoms with Gasteiger partial charge in [-0.3, -0.25) is 4.79 Å². The number of benzene rings is 2. The topological polar surface area (TPSA) is 36.0 Å². The summed E-state index contributed by atoms with van der Waals surface area (Å²) in [4.78, 5) is 13.8. The third kappa shape index (κ3) is 4.53. The van der Waals surface area contributed by atoms with Gasteiger partial charge in [0.25, 0.3) is 0 Å². The van der Waals surface area contributed by atoms with Crippen molar-refractivity contribution in [3.63, 3.8) is 0 Å².